The number of hydrogen-bond acceptors (Lipinski definition) is 6. The lowest BCUT2D eigenvalue weighted by atomic mass is 9.90. The number of aromatic nitrogens is 3. The van der Waals surface area contributed by atoms with E-state index >= 15 is 0 Å². The van der Waals surface area contributed by atoms with Gasteiger partial charge in [0.25, 0.3) is 0 Å². The van der Waals surface area contributed by atoms with Crippen LogP contribution in [-0.4, -0.2) is 87.5 Å². The van der Waals surface area contributed by atoms with Gasteiger partial charge < -0.3 is 14.4 Å². The second-order valence-electron chi connectivity index (χ2n) is 10.8. The molecule has 0 atom stereocenters. The van der Waals surface area contributed by atoms with Gasteiger partial charge in [-0.1, -0.05) is 43.3 Å². The van der Waals surface area contributed by atoms with Crippen molar-refractivity contribution in [2.45, 2.75) is 52.2 Å². The highest BCUT2D eigenvalue weighted by Crippen LogP contribution is 2.24. The number of ether oxygens (including phenoxy) is 1. The number of pyridine rings is 1. The van der Waals surface area contributed by atoms with Gasteiger partial charge in [-0.3, -0.25) is 9.80 Å². The van der Waals surface area contributed by atoms with E-state index in [0.29, 0.717) is 0 Å². The van der Waals surface area contributed by atoms with Crippen molar-refractivity contribution in [1.29, 1.82) is 0 Å². The van der Waals surface area contributed by atoms with Gasteiger partial charge in [0, 0.05) is 51.4 Å². The van der Waals surface area contributed by atoms with Crippen molar-refractivity contribution in [3.63, 3.8) is 0 Å². The predicted octanol–water partition coefficient (Wildman–Crippen LogP) is 3.83. The topological polar surface area (TPSA) is 66.7 Å². The van der Waals surface area contributed by atoms with E-state index < -0.39 is 5.60 Å². The van der Waals surface area contributed by atoms with E-state index in [-0.39, 0.29) is 0 Å². The lowest BCUT2D eigenvalue weighted by molar-refractivity contribution is -0.0624. The number of nitrogens with zero attached hydrogens (tertiary/aromatic N) is 5. The van der Waals surface area contributed by atoms with Crippen LogP contribution in [0.2, 0.25) is 0 Å². The average Bonchev–Trinajstić information content (AvgIpc) is 3.24. The summed E-state index contributed by atoms with van der Waals surface area (Å²) in [6.45, 7) is 14.1. The molecule has 0 radical (unpaired) electrons. The van der Waals surface area contributed by atoms with Crippen molar-refractivity contribution < 1.29 is 9.84 Å². The summed E-state index contributed by atoms with van der Waals surface area (Å²) >= 11 is 0. The minimum atomic E-state index is -0.557. The summed E-state index contributed by atoms with van der Waals surface area (Å²) in [5.41, 5.74) is 6.12. The average molecular weight is 504 g/mol. The molecular weight excluding hydrogens is 462 g/mol. The van der Waals surface area contributed by atoms with Crippen LogP contribution in [0.5, 0.6) is 0 Å². The molecule has 2 saturated heterocycles. The van der Waals surface area contributed by atoms with Crippen LogP contribution in [0, 0.1) is 13.8 Å². The molecule has 198 valence electrons. The molecule has 4 heterocycles. The Morgan fingerprint density at radius 1 is 1.00 bits per heavy atom. The standard InChI is InChI=1S/C30H41N5O2/c1-4-27-32-28-23(2)20-24(3)31-29(28)35(27)21-26-9-7-25(8-10-26)6-5-13-33-14-11-30(36,12-15-33)22-34-16-18-37-19-17-34/h5-10,20,36H,4,11-19,21-22H2,1-3H3/b6-5+. The number of imidazole rings is 1. The minimum absolute atomic E-state index is 0.557. The first-order chi connectivity index (χ1) is 17.9. The second-order valence-corrected chi connectivity index (χ2v) is 10.8. The number of rotatable bonds is 8. The first kappa shape index (κ1) is 26.0. The first-order valence-corrected chi connectivity index (χ1v) is 13.8. The molecule has 2 fully saturated rings. The highest BCUT2D eigenvalue weighted by molar-refractivity contribution is 5.76. The van der Waals surface area contributed by atoms with Crippen molar-refractivity contribution in [3.05, 3.63) is 64.6 Å². The number of aryl methyl sites for hydroxylation is 3. The normalized spacial score (nSPS) is 19.2. The number of β-amino-alcohol motifs (C(OH)–C–C–N with tert-alkyl or cyclic N) is 1. The number of likely N-dealkylation sites (tertiary alicyclic amines) is 1. The molecule has 0 bridgehead atoms. The molecular formula is C30H41N5O2. The maximum atomic E-state index is 11.0. The summed E-state index contributed by atoms with van der Waals surface area (Å²) in [5, 5.41) is 11.0. The van der Waals surface area contributed by atoms with E-state index in [0.717, 1.165) is 101 Å². The van der Waals surface area contributed by atoms with E-state index in [9.17, 15) is 5.11 Å². The zero-order valence-corrected chi connectivity index (χ0v) is 22.6. The summed E-state index contributed by atoms with van der Waals surface area (Å²) in [6.07, 6.45) is 7.01. The Morgan fingerprint density at radius 3 is 2.43 bits per heavy atom. The molecule has 7 heteroatoms. The second kappa shape index (κ2) is 11.4. The lowest BCUT2D eigenvalue weighted by Gasteiger charge is -2.41. The highest BCUT2D eigenvalue weighted by Gasteiger charge is 2.34. The van der Waals surface area contributed by atoms with Gasteiger partial charge in [-0.15, -0.1) is 0 Å². The maximum Gasteiger partial charge on any atom is 0.160 e. The Balaban J connectivity index is 1.15. The zero-order valence-electron chi connectivity index (χ0n) is 22.6. The summed E-state index contributed by atoms with van der Waals surface area (Å²) in [6, 6.07) is 10.9. The van der Waals surface area contributed by atoms with Crippen LogP contribution in [0.1, 0.15) is 48.0 Å². The zero-order chi connectivity index (χ0) is 25.8. The Morgan fingerprint density at radius 2 is 1.73 bits per heavy atom. The third kappa shape index (κ3) is 6.29. The van der Waals surface area contributed by atoms with Gasteiger partial charge in [0.1, 0.15) is 11.3 Å². The third-order valence-electron chi connectivity index (χ3n) is 7.82. The highest BCUT2D eigenvalue weighted by atomic mass is 16.5. The van der Waals surface area contributed by atoms with Gasteiger partial charge in [-0.2, -0.15) is 0 Å². The summed E-state index contributed by atoms with van der Waals surface area (Å²) < 4.78 is 7.70. The van der Waals surface area contributed by atoms with Crippen LogP contribution in [0.25, 0.3) is 17.2 Å². The Bertz CT molecular complexity index is 1220. The molecule has 0 spiro atoms. The van der Waals surface area contributed by atoms with Crippen LogP contribution < -0.4 is 0 Å². The fourth-order valence-corrected chi connectivity index (χ4v) is 5.62. The van der Waals surface area contributed by atoms with E-state index in [1.54, 1.807) is 0 Å². The lowest BCUT2D eigenvalue weighted by Crippen LogP contribution is -2.52. The van der Waals surface area contributed by atoms with Crippen molar-refractivity contribution in [3.8, 4) is 0 Å². The van der Waals surface area contributed by atoms with E-state index in [1.165, 1.54) is 16.7 Å². The van der Waals surface area contributed by atoms with Gasteiger partial charge in [-0.05, 0) is 49.4 Å². The molecule has 1 N–H and O–H groups in total. The van der Waals surface area contributed by atoms with Crippen molar-refractivity contribution >= 4 is 17.2 Å². The van der Waals surface area contributed by atoms with Gasteiger partial charge in [0.15, 0.2) is 5.65 Å². The van der Waals surface area contributed by atoms with Crippen LogP contribution in [-0.2, 0) is 17.7 Å². The fraction of sp³-hybridized carbons (Fsp3) is 0.533. The van der Waals surface area contributed by atoms with Crippen LogP contribution in [0.4, 0.5) is 0 Å². The van der Waals surface area contributed by atoms with E-state index in [4.69, 9.17) is 14.7 Å². The summed E-state index contributed by atoms with van der Waals surface area (Å²) in [4.78, 5) is 14.5. The molecule has 37 heavy (non-hydrogen) atoms. The number of aliphatic hydroxyl groups is 1. The largest absolute Gasteiger partial charge is 0.388 e. The predicted molar refractivity (Wildman–Crippen MR) is 149 cm³/mol. The molecule has 1 aromatic carbocycles. The maximum absolute atomic E-state index is 11.0. The van der Waals surface area contributed by atoms with Crippen molar-refractivity contribution in [1.82, 2.24) is 24.3 Å². The number of fused-ring (bicyclic) bond motifs is 1. The van der Waals surface area contributed by atoms with Crippen LogP contribution >= 0.6 is 0 Å². The number of hydrogen-bond donors (Lipinski definition) is 1. The third-order valence-corrected chi connectivity index (χ3v) is 7.82. The van der Waals surface area contributed by atoms with Crippen LogP contribution in [0.15, 0.2) is 36.4 Å². The number of morpholine rings is 1. The molecule has 2 aromatic heterocycles. The smallest absolute Gasteiger partial charge is 0.160 e. The monoisotopic (exact) mass is 503 g/mol. The summed E-state index contributed by atoms with van der Waals surface area (Å²) in [7, 11) is 0. The van der Waals surface area contributed by atoms with Crippen LogP contribution in [0.3, 0.4) is 0 Å². The Hall–Kier alpha value is -2.58. The molecule has 0 unspecified atom stereocenters. The van der Waals surface area contributed by atoms with Gasteiger partial charge in [0.2, 0.25) is 0 Å². The van der Waals surface area contributed by atoms with E-state index in [2.05, 4.69) is 70.7 Å². The van der Waals surface area contributed by atoms with Gasteiger partial charge in [0.05, 0.1) is 25.4 Å². The molecule has 5 rings (SSSR count). The molecule has 0 amide bonds. The fourth-order valence-electron chi connectivity index (χ4n) is 5.62. The molecule has 2 aliphatic rings. The quantitative estimate of drug-likeness (QED) is 0.504. The van der Waals surface area contributed by atoms with Gasteiger partial charge in [-0.25, -0.2) is 9.97 Å². The van der Waals surface area contributed by atoms with Gasteiger partial charge >= 0.3 is 0 Å². The Labute approximate surface area is 220 Å². The SMILES string of the molecule is CCc1nc2c(C)cc(C)nc2n1Cc1ccc(/C=C/CN2CCC(O)(CN3CCOCC3)CC2)cc1. The number of piperidine rings is 1. The van der Waals surface area contributed by atoms with Crippen molar-refractivity contribution in [2.24, 2.45) is 0 Å². The summed E-state index contributed by atoms with van der Waals surface area (Å²) in [5.74, 6) is 1.08. The number of benzene rings is 1. The first-order valence-electron chi connectivity index (χ1n) is 13.8. The Kier molecular flexibility index (Phi) is 8.05. The molecule has 0 aliphatic carbocycles. The minimum Gasteiger partial charge on any atom is -0.388 e. The van der Waals surface area contributed by atoms with E-state index in [1.807, 2.05) is 6.92 Å². The molecule has 0 saturated carbocycles. The van der Waals surface area contributed by atoms with Crippen molar-refractivity contribution in [2.75, 3.05) is 52.5 Å². The molecule has 3 aromatic rings. The molecule has 2 aliphatic heterocycles. The molecule has 7 nitrogen and oxygen atoms in total.